The lowest BCUT2D eigenvalue weighted by atomic mass is 10.1. The Kier molecular flexibility index (Phi) is 4.35. The predicted octanol–water partition coefficient (Wildman–Crippen LogP) is 3.53. The largest absolute Gasteiger partial charge is 0.465 e. The normalized spacial score (nSPS) is 10.2. The van der Waals surface area contributed by atoms with Gasteiger partial charge in [-0.05, 0) is 42.3 Å². The molecule has 104 valence electrons. The SMILES string of the molecule is COC(=O)c1ccccc1CNc1cc(C)cc(F)c1. The van der Waals surface area contributed by atoms with Crippen LogP contribution in [0.5, 0.6) is 0 Å². The van der Waals surface area contributed by atoms with Crippen molar-refractivity contribution in [2.45, 2.75) is 13.5 Å². The van der Waals surface area contributed by atoms with E-state index in [1.54, 1.807) is 12.1 Å². The third-order valence-corrected chi connectivity index (χ3v) is 2.95. The van der Waals surface area contributed by atoms with E-state index in [1.807, 2.05) is 25.1 Å². The maximum absolute atomic E-state index is 13.3. The number of nitrogens with one attached hydrogen (secondary N) is 1. The van der Waals surface area contributed by atoms with Gasteiger partial charge in [-0.1, -0.05) is 18.2 Å². The highest BCUT2D eigenvalue weighted by Gasteiger charge is 2.10. The molecule has 0 heterocycles. The minimum absolute atomic E-state index is 0.284. The summed E-state index contributed by atoms with van der Waals surface area (Å²) in [6, 6.07) is 11.9. The van der Waals surface area contributed by atoms with Gasteiger partial charge in [-0.2, -0.15) is 0 Å². The van der Waals surface area contributed by atoms with Gasteiger partial charge >= 0.3 is 5.97 Å². The molecular formula is C16H16FNO2. The first-order valence-corrected chi connectivity index (χ1v) is 6.27. The maximum Gasteiger partial charge on any atom is 0.338 e. The number of ether oxygens (including phenoxy) is 1. The highest BCUT2D eigenvalue weighted by atomic mass is 19.1. The zero-order valence-corrected chi connectivity index (χ0v) is 11.4. The Morgan fingerprint density at radius 2 is 2.00 bits per heavy atom. The molecule has 3 nitrogen and oxygen atoms in total. The van der Waals surface area contributed by atoms with Crippen molar-refractivity contribution in [1.29, 1.82) is 0 Å². The number of carbonyl (C=O) groups is 1. The number of carbonyl (C=O) groups excluding carboxylic acids is 1. The third-order valence-electron chi connectivity index (χ3n) is 2.95. The molecule has 0 saturated heterocycles. The number of anilines is 1. The standard InChI is InChI=1S/C16H16FNO2/c1-11-7-13(17)9-14(8-11)18-10-12-5-3-4-6-15(12)16(19)20-2/h3-9,18H,10H2,1-2H3. The summed E-state index contributed by atoms with van der Waals surface area (Å²) in [7, 11) is 1.35. The molecule has 0 aliphatic rings. The quantitative estimate of drug-likeness (QED) is 0.866. The van der Waals surface area contributed by atoms with Crippen LogP contribution in [0.2, 0.25) is 0 Å². The number of halogens is 1. The van der Waals surface area contributed by atoms with E-state index >= 15 is 0 Å². The third kappa shape index (κ3) is 3.35. The summed E-state index contributed by atoms with van der Waals surface area (Å²) in [4.78, 5) is 11.6. The number of methoxy groups -OCH3 is 1. The van der Waals surface area contributed by atoms with E-state index in [-0.39, 0.29) is 11.8 Å². The van der Waals surface area contributed by atoms with Crippen LogP contribution < -0.4 is 5.32 Å². The minimum Gasteiger partial charge on any atom is -0.465 e. The smallest absolute Gasteiger partial charge is 0.338 e. The molecule has 0 fully saturated rings. The van der Waals surface area contributed by atoms with E-state index in [9.17, 15) is 9.18 Å². The lowest BCUT2D eigenvalue weighted by Gasteiger charge is -2.11. The van der Waals surface area contributed by atoms with Gasteiger partial charge in [0, 0.05) is 12.2 Å². The zero-order valence-electron chi connectivity index (χ0n) is 11.4. The van der Waals surface area contributed by atoms with Gasteiger partial charge in [0.15, 0.2) is 0 Å². The average Bonchev–Trinajstić information content (AvgIpc) is 2.43. The second kappa shape index (κ2) is 6.19. The molecule has 0 atom stereocenters. The Labute approximate surface area is 117 Å². The Balaban J connectivity index is 2.16. The van der Waals surface area contributed by atoms with E-state index in [4.69, 9.17) is 4.74 Å². The molecule has 1 N–H and O–H groups in total. The number of rotatable bonds is 4. The zero-order chi connectivity index (χ0) is 14.5. The van der Waals surface area contributed by atoms with E-state index in [0.29, 0.717) is 17.8 Å². The summed E-state index contributed by atoms with van der Waals surface area (Å²) >= 11 is 0. The van der Waals surface area contributed by atoms with Gasteiger partial charge < -0.3 is 10.1 Å². The highest BCUT2D eigenvalue weighted by Crippen LogP contribution is 2.16. The molecule has 0 unspecified atom stereocenters. The van der Waals surface area contributed by atoms with Crippen molar-refractivity contribution in [1.82, 2.24) is 0 Å². The molecule has 2 aromatic carbocycles. The van der Waals surface area contributed by atoms with Crippen molar-refractivity contribution in [3.8, 4) is 0 Å². The molecule has 20 heavy (non-hydrogen) atoms. The second-order valence-electron chi connectivity index (χ2n) is 4.52. The molecule has 0 aromatic heterocycles. The van der Waals surface area contributed by atoms with Gasteiger partial charge in [-0.25, -0.2) is 9.18 Å². The predicted molar refractivity (Wildman–Crippen MR) is 76.2 cm³/mol. The van der Waals surface area contributed by atoms with E-state index < -0.39 is 0 Å². The molecule has 0 aliphatic carbocycles. The summed E-state index contributed by atoms with van der Waals surface area (Å²) in [5.41, 5.74) is 2.84. The van der Waals surface area contributed by atoms with Crippen LogP contribution >= 0.6 is 0 Å². The summed E-state index contributed by atoms with van der Waals surface area (Å²) in [5, 5.41) is 3.11. The number of hydrogen-bond donors (Lipinski definition) is 1. The van der Waals surface area contributed by atoms with Gasteiger partial charge in [0.05, 0.1) is 12.7 Å². The van der Waals surface area contributed by atoms with Crippen LogP contribution in [-0.2, 0) is 11.3 Å². The van der Waals surface area contributed by atoms with Crippen LogP contribution in [0.4, 0.5) is 10.1 Å². The van der Waals surface area contributed by atoms with Crippen molar-refractivity contribution >= 4 is 11.7 Å². The first kappa shape index (κ1) is 14.1. The molecule has 0 spiro atoms. The monoisotopic (exact) mass is 273 g/mol. The van der Waals surface area contributed by atoms with E-state index in [0.717, 1.165) is 11.1 Å². The molecule has 0 bridgehead atoms. The van der Waals surface area contributed by atoms with Gasteiger partial charge in [0.1, 0.15) is 5.82 Å². The molecule has 0 radical (unpaired) electrons. The lowest BCUT2D eigenvalue weighted by Crippen LogP contribution is -2.09. The van der Waals surface area contributed by atoms with Crippen LogP contribution in [0.3, 0.4) is 0 Å². The molecule has 0 saturated carbocycles. The topological polar surface area (TPSA) is 38.3 Å². The van der Waals surface area contributed by atoms with Crippen LogP contribution in [-0.4, -0.2) is 13.1 Å². The second-order valence-corrected chi connectivity index (χ2v) is 4.52. The Morgan fingerprint density at radius 3 is 2.70 bits per heavy atom. The van der Waals surface area contributed by atoms with Crippen LogP contribution in [0.15, 0.2) is 42.5 Å². The molecule has 2 aromatic rings. The van der Waals surface area contributed by atoms with E-state index in [2.05, 4.69) is 5.32 Å². The van der Waals surface area contributed by atoms with Crippen molar-refractivity contribution in [2.75, 3.05) is 12.4 Å². The Morgan fingerprint density at radius 1 is 1.25 bits per heavy atom. The van der Waals surface area contributed by atoms with Gasteiger partial charge in [0.2, 0.25) is 0 Å². The number of esters is 1. The van der Waals surface area contributed by atoms with Crippen molar-refractivity contribution in [3.05, 3.63) is 65.0 Å². The van der Waals surface area contributed by atoms with Crippen molar-refractivity contribution < 1.29 is 13.9 Å². The fraction of sp³-hybridized carbons (Fsp3) is 0.188. The Hall–Kier alpha value is -2.36. The highest BCUT2D eigenvalue weighted by molar-refractivity contribution is 5.91. The van der Waals surface area contributed by atoms with Gasteiger partial charge in [-0.3, -0.25) is 0 Å². The molecule has 0 aliphatic heterocycles. The van der Waals surface area contributed by atoms with Crippen LogP contribution in [0.25, 0.3) is 0 Å². The first-order chi connectivity index (χ1) is 9.60. The Bertz CT molecular complexity index is 605. The van der Waals surface area contributed by atoms with Crippen molar-refractivity contribution in [2.24, 2.45) is 0 Å². The number of hydrogen-bond acceptors (Lipinski definition) is 3. The van der Waals surface area contributed by atoms with Crippen LogP contribution in [0, 0.1) is 12.7 Å². The lowest BCUT2D eigenvalue weighted by molar-refractivity contribution is 0.0599. The maximum atomic E-state index is 13.3. The number of benzene rings is 2. The molecule has 4 heteroatoms. The van der Waals surface area contributed by atoms with Crippen LogP contribution in [0.1, 0.15) is 21.5 Å². The molecule has 0 amide bonds. The summed E-state index contributed by atoms with van der Waals surface area (Å²) < 4.78 is 18.0. The molecular weight excluding hydrogens is 257 g/mol. The van der Waals surface area contributed by atoms with Gasteiger partial charge in [0.25, 0.3) is 0 Å². The fourth-order valence-corrected chi connectivity index (χ4v) is 2.02. The number of aryl methyl sites for hydroxylation is 1. The average molecular weight is 273 g/mol. The van der Waals surface area contributed by atoms with Crippen molar-refractivity contribution in [3.63, 3.8) is 0 Å². The fourth-order valence-electron chi connectivity index (χ4n) is 2.02. The first-order valence-electron chi connectivity index (χ1n) is 6.27. The molecule has 2 rings (SSSR count). The summed E-state index contributed by atoms with van der Waals surface area (Å²) in [6.07, 6.45) is 0. The summed E-state index contributed by atoms with van der Waals surface area (Å²) in [5.74, 6) is -0.661. The van der Waals surface area contributed by atoms with E-state index in [1.165, 1.54) is 19.2 Å². The summed E-state index contributed by atoms with van der Waals surface area (Å²) in [6.45, 7) is 2.25. The minimum atomic E-state index is -0.377. The van der Waals surface area contributed by atoms with Gasteiger partial charge in [-0.15, -0.1) is 0 Å².